The summed E-state index contributed by atoms with van der Waals surface area (Å²) in [7, 11) is 1.68. The van der Waals surface area contributed by atoms with Gasteiger partial charge in [-0.2, -0.15) is 0 Å². The van der Waals surface area contributed by atoms with Gasteiger partial charge in [-0.1, -0.05) is 46.3 Å². The van der Waals surface area contributed by atoms with Crippen LogP contribution in [0.1, 0.15) is 11.1 Å². The fourth-order valence-electron chi connectivity index (χ4n) is 2.15. The zero-order chi connectivity index (χ0) is 15.1. The number of hydrogen-bond donors (Lipinski definition) is 1. The molecule has 2 nitrogen and oxygen atoms in total. The van der Waals surface area contributed by atoms with Gasteiger partial charge in [0, 0.05) is 22.9 Å². The molecule has 0 saturated carbocycles. The van der Waals surface area contributed by atoms with E-state index in [0.29, 0.717) is 5.88 Å². The van der Waals surface area contributed by atoms with Gasteiger partial charge in [0.05, 0.1) is 7.11 Å². The van der Waals surface area contributed by atoms with E-state index in [-0.39, 0.29) is 6.04 Å². The normalized spacial score (nSPS) is 12.1. The maximum absolute atomic E-state index is 6.08. The number of rotatable bonds is 7. The lowest BCUT2D eigenvalue weighted by Crippen LogP contribution is -2.32. The van der Waals surface area contributed by atoms with Gasteiger partial charge in [0.2, 0.25) is 0 Å². The van der Waals surface area contributed by atoms with E-state index in [1.807, 2.05) is 24.3 Å². The minimum absolute atomic E-state index is 0.243. The highest BCUT2D eigenvalue weighted by Crippen LogP contribution is 2.22. The molecule has 1 atom stereocenters. The molecule has 0 fully saturated rings. The highest BCUT2D eigenvalue weighted by Gasteiger charge is 2.09. The van der Waals surface area contributed by atoms with Crippen LogP contribution in [0.15, 0.2) is 53.0 Å². The zero-order valence-corrected chi connectivity index (χ0v) is 14.3. The minimum Gasteiger partial charge on any atom is -0.497 e. The van der Waals surface area contributed by atoms with Gasteiger partial charge < -0.3 is 10.1 Å². The molecule has 0 heterocycles. The Morgan fingerprint density at radius 3 is 2.62 bits per heavy atom. The predicted octanol–water partition coefficient (Wildman–Crippen LogP) is 4.40. The minimum atomic E-state index is 0.243. The number of benzene rings is 2. The van der Waals surface area contributed by atoms with Gasteiger partial charge in [-0.25, -0.2) is 0 Å². The van der Waals surface area contributed by atoms with Crippen LogP contribution in [0.2, 0.25) is 0 Å². The third-order valence-electron chi connectivity index (χ3n) is 3.35. The lowest BCUT2D eigenvalue weighted by Gasteiger charge is -2.17. The zero-order valence-electron chi connectivity index (χ0n) is 12.0. The SMILES string of the molecule is COc1ccc(Br)c(CNC(CCl)Cc2ccccc2)c1. The van der Waals surface area contributed by atoms with Crippen molar-refractivity contribution in [3.05, 3.63) is 64.1 Å². The van der Waals surface area contributed by atoms with Crippen molar-refractivity contribution < 1.29 is 4.74 Å². The Balaban J connectivity index is 1.97. The number of methoxy groups -OCH3 is 1. The smallest absolute Gasteiger partial charge is 0.119 e. The quantitative estimate of drug-likeness (QED) is 0.732. The van der Waals surface area contributed by atoms with Gasteiger partial charge in [0.15, 0.2) is 0 Å². The molecule has 0 aliphatic heterocycles. The summed E-state index contributed by atoms with van der Waals surface area (Å²) >= 11 is 9.65. The van der Waals surface area contributed by atoms with Crippen molar-refractivity contribution >= 4 is 27.5 Å². The van der Waals surface area contributed by atoms with Crippen LogP contribution in [0.25, 0.3) is 0 Å². The van der Waals surface area contributed by atoms with Crippen molar-refractivity contribution in [2.75, 3.05) is 13.0 Å². The molecule has 1 unspecified atom stereocenters. The van der Waals surface area contributed by atoms with Crippen LogP contribution in [0.3, 0.4) is 0 Å². The summed E-state index contributed by atoms with van der Waals surface area (Å²) in [6.45, 7) is 0.752. The lowest BCUT2D eigenvalue weighted by atomic mass is 10.1. The van der Waals surface area contributed by atoms with Crippen LogP contribution in [0.5, 0.6) is 5.75 Å². The maximum Gasteiger partial charge on any atom is 0.119 e. The Hall–Kier alpha value is -1.03. The maximum atomic E-state index is 6.08. The van der Waals surface area contributed by atoms with E-state index in [9.17, 15) is 0 Å². The number of halogens is 2. The molecule has 0 spiro atoms. The number of alkyl halides is 1. The highest BCUT2D eigenvalue weighted by atomic mass is 79.9. The van der Waals surface area contributed by atoms with Crippen molar-refractivity contribution in [2.24, 2.45) is 0 Å². The molecule has 0 aromatic heterocycles. The van der Waals surface area contributed by atoms with E-state index in [0.717, 1.165) is 28.8 Å². The van der Waals surface area contributed by atoms with Crippen LogP contribution in [-0.2, 0) is 13.0 Å². The van der Waals surface area contributed by atoms with E-state index in [1.54, 1.807) is 7.11 Å². The van der Waals surface area contributed by atoms with E-state index in [1.165, 1.54) is 5.56 Å². The average Bonchev–Trinajstić information content (AvgIpc) is 2.53. The summed E-state index contributed by atoms with van der Waals surface area (Å²) in [5.41, 5.74) is 2.46. The van der Waals surface area contributed by atoms with E-state index in [4.69, 9.17) is 16.3 Å². The first-order chi connectivity index (χ1) is 10.2. The fraction of sp³-hybridized carbons (Fsp3) is 0.294. The van der Waals surface area contributed by atoms with Crippen molar-refractivity contribution in [3.63, 3.8) is 0 Å². The first kappa shape index (κ1) is 16.3. The highest BCUT2D eigenvalue weighted by molar-refractivity contribution is 9.10. The Labute approximate surface area is 139 Å². The molecule has 21 heavy (non-hydrogen) atoms. The molecule has 112 valence electrons. The van der Waals surface area contributed by atoms with Gasteiger partial charge in [-0.15, -0.1) is 11.6 Å². The Morgan fingerprint density at radius 2 is 1.95 bits per heavy atom. The molecular formula is C17H19BrClNO. The summed E-state index contributed by atoms with van der Waals surface area (Å²) in [6.07, 6.45) is 0.923. The van der Waals surface area contributed by atoms with Crippen LogP contribution < -0.4 is 10.1 Å². The summed E-state index contributed by atoms with van der Waals surface area (Å²) in [6, 6.07) is 16.6. The van der Waals surface area contributed by atoms with Crippen LogP contribution >= 0.6 is 27.5 Å². The molecule has 0 aliphatic carbocycles. The standard InChI is InChI=1S/C17H19BrClNO/c1-21-16-7-8-17(18)14(10-16)12-20-15(11-19)9-13-5-3-2-4-6-13/h2-8,10,15,20H,9,11-12H2,1H3. The van der Waals surface area contributed by atoms with Crippen LogP contribution in [-0.4, -0.2) is 19.0 Å². The molecule has 0 radical (unpaired) electrons. The van der Waals surface area contributed by atoms with Crippen LogP contribution in [0.4, 0.5) is 0 Å². The third kappa shape index (κ3) is 5.03. The van der Waals surface area contributed by atoms with E-state index >= 15 is 0 Å². The molecule has 2 rings (SSSR count). The van der Waals surface area contributed by atoms with Gasteiger partial charge >= 0.3 is 0 Å². The molecule has 0 saturated heterocycles. The molecule has 0 aliphatic rings. The fourth-order valence-corrected chi connectivity index (χ4v) is 2.75. The average molecular weight is 369 g/mol. The first-order valence-electron chi connectivity index (χ1n) is 6.88. The van der Waals surface area contributed by atoms with Crippen LogP contribution in [0, 0.1) is 0 Å². The topological polar surface area (TPSA) is 21.3 Å². The van der Waals surface area contributed by atoms with Crippen molar-refractivity contribution in [3.8, 4) is 5.75 Å². The Morgan fingerprint density at radius 1 is 1.19 bits per heavy atom. The van der Waals surface area contributed by atoms with E-state index in [2.05, 4.69) is 45.5 Å². The molecule has 0 bridgehead atoms. The molecule has 4 heteroatoms. The second kappa shape index (κ2) is 8.42. The van der Waals surface area contributed by atoms with Gasteiger partial charge in [-0.3, -0.25) is 0 Å². The van der Waals surface area contributed by atoms with Crippen molar-refractivity contribution in [2.45, 2.75) is 19.0 Å². The molecule has 1 N–H and O–H groups in total. The summed E-state index contributed by atoms with van der Waals surface area (Å²) < 4.78 is 6.34. The summed E-state index contributed by atoms with van der Waals surface area (Å²) in [4.78, 5) is 0. The second-order valence-corrected chi connectivity index (χ2v) is 6.04. The molecular weight excluding hydrogens is 350 g/mol. The van der Waals surface area contributed by atoms with Crippen molar-refractivity contribution in [1.29, 1.82) is 0 Å². The Kier molecular flexibility index (Phi) is 6.55. The van der Waals surface area contributed by atoms with Gasteiger partial charge in [0.1, 0.15) is 5.75 Å². The lowest BCUT2D eigenvalue weighted by molar-refractivity contribution is 0.413. The summed E-state index contributed by atoms with van der Waals surface area (Å²) in [5.74, 6) is 1.44. The third-order valence-corrected chi connectivity index (χ3v) is 4.49. The second-order valence-electron chi connectivity index (χ2n) is 4.88. The predicted molar refractivity (Wildman–Crippen MR) is 92.2 cm³/mol. The largest absolute Gasteiger partial charge is 0.497 e. The summed E-state index contributed by atoms with van der Waals surface area (Å²) in [5, 5.41) is 3.51. The number of ether oxygens (including phenoxy) is 1. The first-order valence-corrected chi connectivity index (χ1v) is 8.21. The molecule has 0 amide bonds. The van der Waals surface area contributed by atoms with Gasteiger partial charge in [-0.05, 0) is 35.7 Å². The molecule has 2 aromatic carbocycles. The van der Waals surface area contributed by atoms with Gasteiger partial charge in [0.25, 0.3) is 0 Å². The van der Waals surface area contributed by atoms with E-state index < -0.39 is 0 Å². The number of hydrogen-bond acceptors (Lipinski definition) is 2. The Bertz CT molecular complexity index is 562. The van der Waals surface area contributed by atoms with Crippen molar-refractivity contribution in [1.82, 2.24) is 5.32 Å². The number of nitrogens with one attached hydrogen (secondary N) is 1. The molecule has 2 aromatic rings. The monoisotopic (exact) mass is 367 g/mol.